The summed E-state index contributed by atoms with van der Waals surface area (Å²) in [6, 6.07) is 2.08. The van der Waals surface area contributed by atoms with Gasteiger partial charge in [0.15, 0.2) is 0 Å². The lowest BCUT2D eigenvalue weighted by molar-refractivity contribution is 0.0958. The Bertz CT molecular complexity index is 490. The van der Waals surface area contributed by atoms with Gasteiger partial charge in [-0.15, -0.1) is 11.3 Å². The maximum atomic E-state index is 12.0. The van der Waals surface area contributed by atoms with Crippen molar-refractivity contribution >= 4 is 27.9 Å². The number of nitrogens with zero attached hydrogens (tertiary/aromatic N) is 1. The summed E-state index contributed by atoms with van der Waals surface area (Å²) < 4.78 is 0. The number of hydrogen-bond donors (Lipinski definition) is 3. The summed E-state index contributed by atoms with van der Waals surface area (Å²) in [6.45, 7) is 5.52. The molecule has 0 bridgehead atoms. The maximum absolute atomic E-state index is 12.0. The number of carbonyl (C=O) groups excluding carboxylic acids is 1. The quantitative estimate of drug-likeness (QED) is 0.643. The monoisotopic (exact) mass is 294 g/mol. The molecular formula is C14H22N4OS. The molecule has 4 N–H and O–H groups in total. The Kier molecular flexibility index (Phi) is 6.88. The molecule has 0 saturated carbocycles. The van der Waals surface area contributed by atoms with Gasteiger partial charge in [0, 0.05) is 13.1 Å². The fourth-order valence-corrected chi connectivity index (χ4v) is 2.76. The normalized spacial score (nSPS) is 10.1. The van der Waals surface area contributed by atoms with Crippen LogP contribution in [0.25, 0.3) is 0 Å². The van der Waals surface area contributed by atoms with Crippen LogP contribution in [0.1, 0.15) is 54.8 Å². The smallest absolute Gasteiger partial charge is 0.263 e. The zero-order valence-electron chi connectivity index (χ0n) is 12.1. The van der Waals surface area contributed by atoms with Crippen LogP contribution in [0.15, 0.2) is 0 Å². The van der Waals surface area contributed by atoms with Crippen LogP contribution in [0.3, 0.4) is 0 Å². The van der Waals surface area contributed by atoms with E-state index in [9.17, 15) is 10.1 Å². The van der Waals surface area contributed by atoms with Gasteiger partial charge < -0.3 is 16.4 Å². The molecule has 0 atom stereocenters. The Balaban J connectivity index is 2.80. The van der Waals surface area contributed by atoms with Crippen LogP contribution in [-0.4, -0.2) is 19.0 Å². The lowest BCUT2D eigenvalue weighted by Gasteiger charge is -2.02. The number of anilines is 2. The second-order valence-corrected chi connectivity index (χ2v) is 5.57. The molecule has 0 aliphatic heterocycles. The first kappa shape index (κ1) is 16.3. The molecule has 5 nitrogen and oxygen atoms in total. The largest absolute Gasteiger partial charge is 0.396 e. The summed E-state index contributed by atoms with van der Waals surface area (Å²) in [4.78, 5) is 12.4. The second kappa shape index (κ2) is 8.43. The van der Waals surface area contributed by atoms with E-state index in [0.717, 1.165) is 32.2 Å². The van der Waals surface area contributed by atoms with Crippen molar-refractivity contribution in [3.05, 3.63) is 10.4 Å². The Morgan fingerprint density at radius 2 is 2.05 bits per heavy atom. The van der Waals surface area contributed by atoms with Crippen molar-refractivity contribution in [1.82, 2.24) is 5.32 Å². The van der Waals surface area contributed by atoms with E-state index in [1.165, 1.54) is 11.3 Å². The average Bonchev–Trinajstić information content (AvgIpc) is 2.77. The molecule has 0 aliphatic carbocycles. The Hall–Kier alpha value is -1.74. The highest BCUT2D eigenvalue weighted by molar-refractivity contribution is 7.18. The molecule has 0 fully saturated rings. The SMILES string of the molecule is CCCCCNc1sc(C(=O)NCCC)c(N)c1C#N. The lowest BCUT2D eigenvalue weighted by atomic mass is 10.2. The van der Waals surface area contributed by atoms with Gasteiger partial charge in [-0.25, -0.2) is 0 Å². The van der Waals surface area contributed by atoms with Gasteiger partial charge in [0.25, 0.3) is 5.91 Å². The Labute approximate surface area is 124 Å². The van der Waals surface area contributed by atoms with E-state index in [4.69, 9.17) is 5.73 Å². The summed E-state index contributed by atoms with van der Waals surface area (Å²) in [7, 11) is 0. The van der Waals surface area contributed by atoms with Gasteiger partial charge in [0.05, 0.1) is 5.69 Å². The third-order valence-corrected chi connectivity index (χ3v) is 4.03. The molecule has 20 heavy (non-hydrogen) atoms. The number of nitrogens with one attached hydrogen (secondary N) is 2. The Morgan fingerprint density at radius 1 is 1.30 bits per heavy atom. The van der Waals surface area contributed by atoms with E-state index in [0.29, 0.717) is 22.0 Å². The molecule has 1 aromatic heterocycles. The Morgan fingerprint density at radius 3 is 2.65 bits per heavy atom. The molecule has 1 aromatic rings. The maximum Gasteiger partial charge on any atom is 0.263 e. The molecule has 1 amide bonds. The molecule has 0 aromatic carbocycles. The van der Waals surface area contributed by atoms with E-state index in [1.807, 2.05) is 6.92 Å². The zero-order valence-corrected chi connectivity index (χ0v) is 12.9. The fraction of sp³-hybridized carbons (Fsp3) is 0.571. The number of unbranched alkanes of at least 4 members (excludes halogenated alkanes) is 2. The van der Waals surface area contributed by atoms with Gasteiger partial charge in [0.1, 0.15) is 21.5 Å². The van der Waals surface area contributed by atoms with Gasteiger partial charge >= 0.3 is 0 Å². The molecule has 110 valence electrons. The number of hydrogen-bond acceptors (Lipinski definition) is 5. The summed E-state index contributed by atoms with van der Waals surface area (Å²) in [6.07, 6.45) is 4.18. The van der Waals surface area contributed by atoms with E-state index >= 15 is 0 Å². The van der Waals surface area contributed by atoms with E-state index in [2.05, 4.69) is 23.6 Å². The molecule has 1 heterocycles. The first-order chi connectivity index (χ1) is 9.65. The predicted molar refractivity (Wildman–Crippen MR) is 84.1 cm³/mol. The highest BCUT2D eigenvalue weighted by atomic mass is 32.1. The second-order valence-electron chi connectivity index (χ2n) is 4.55. The van der Waals surface area contributed by atoms with Crippen LogP contribution in [0.5, 0.6) is 0 Å². The molecular weight excluding hydrogens is 272 g/mol. The molecule has 0 aliphatic rings. The first-order valence-electron chi connectivity index (χ1n) is 7.00. The lowest BCUT2D eigenvalue weighted by Crippen LogP contribution is -2.23. The van der Waals surface area contributed by atoms with Gasteiger partial charge in [0.2, 0.25) is 0 Å². The van der Waals surface area contributed by atoms with E-state index < -0.39 is 0 Å². The van der Waals surface area contributed by atoms with Crippen molar-refractivity contribution < 1.29 is 4.79 Å². The summed E-state index contributed by atoms with van der Waals surface area (Å²) in [5.74, 6) is -0.201. The van der Waals surface area contributed by atoms with Crippen LogP contribution in [0.4, 0.5) is 10.7 Å². The molecule has 0 radical (unpaired) electrons. The minimum absolute atomic E-state index is 0.201. The number of carbonyl (C=O) groups is 1. The standard InChI is InChI=1S/C14H22N4OS/c1-3-5-6-8-18-14-10(9-15)11(16)12(20-14)13(19)17-7-4-2/h18H,3-8,16H2,1-2H3,(H,17,19). The van der Waals surface area contributed by atoms with Crippen molar-refractivity contribution in [2.24, 2.45) is 0 Å². The molecule has 0 saturated heterocycles. The molecule has 1 rings (SSSR count). The van der Waals surface area contributed by atoms with Gasteiger partial charge in [-0.05, 0) is 12.8 Å². The average molecular weight is 294 g/mol. The predicted octanol–water partition coefficient (Wildman–Crippen LogP) is 2.94. The van der Waals surface area contributed by atoms with E-state index in [1.54, 1.807) is 0 Å². The summed E-state index contributed by atoms with van der Waals surface area (Å²) >= 11 is 1.26. The zero-order chi connectivity index (χ0) is 15.0. The number of nitriles is 1. The van der Waals surface area contributed by atoms with Crippen LogP contribution >= 0.6 is 11.3 Å². The summed E-state index contributed by atoms with van der Waals surface area (Å²) in [5.41, 5.74) is 6.57. The minimum atomic E-state index is -0.201. The molecule has 0 unspecified atom stereocenters. The first-order valence-corrected chi connectivity index (χ1v) is 7.81. The van der Waals surface area contributed by atoms with Gasteiger partial charge in [-0.1, -0.05) is 26.7 Å². The van der Waals surface area contributed by atoms with Gasteiger partial charge in [-0.3, -0.25) is 4.79 Å². The van der Waals surface area contributed by atoms with Crippen LogP contribution in [-0.2, 0) is 0 Å². The van der Waals surface area contributed by atoms with Crippen molar-refractivity contribution in [3.63, 3.8) is 0 Å². The highest BCUT2D eigenvalue weighted by Gasteiger charge is 2.20. The minimum Gasteiger partial charge on any atom is -0.396 e. The topological polar surface area (TPSA) is 90.9 Å². The fourth-order valence-electron chi connectivity index (χ4n) is 1.74. The van der Waals surface area contributed by atoms with Crippen molar-refractivity contribution in [1.29, 1.82) is 5.26 Å². The number of nitrogens with two attached hydrogens (primary N) is 1. The number of thiophene rings is 1. The number of nitrogen functional groups attached to an aromatic ring is 1. The van der Waals surface area contributed by atoms with Crippen LogP contribution < -0.4 is 16.4 Å². The number of rotatable bonds is 8. The van der Waals surface area contributed by atoms with Gasteiger partial charge in [-0.2, -0.15) is 5.26 Å². The van der Waals surface area contributed by atoms with Crippen molar-refractivity contribution in [2.45, 2.75) is 39.5 Å². The van der Waals surface area contributed by atoms with Crippen LogP contribution in [0, 0.1) is 11.3 Å². The highest BCUT2D eigenvalue weighted by Crippen LogP contribution is 2.35. The van der Waals surface area contributed by atoms with Crippen molar-refractivity contribution in [2.75, 3.05) is 24.1 Å². The van der Waals surface area contributed by atoms with E-state index in [-0.39, 0.29) is 11.6 Å². The third kappa shape index (κ3) is 4.14. The molecule has 0 spiro atoms. The summed E-state index contributed by atoms with van der Waals surface area (Å²) in [5, 5.41) is 15.9. The van der Waals surface area contributed by atoms with Crippen LogP contribution in [0.2, 0.25) is 0 Å². The number of amides is 1. The molecule has 6 heteroatoms. The van der Waals surface area contributed by atoms with Crippen molar-refractivity contribution in [3.8, 4) is 6.07 Å². The third-order valence-electron chi connectivity index (χ3n) is 2.86.